The van der Waals surface area contributed by atoms with Gasteiger partial charge < -0.3 is 5.32 Å². The third-order valence-electron chi connectivity index (χ3n) is 3.80. The largest absolute Gasteiger partial charge is 0.381 e. The Morgan fingerprint density at radius 1 is 1.40 bits per heavy atom. The van der Waals surface area contributed by atoms with Gasteiger partial charge in [0.25, 0.3) is 0 Å². The van der Waals surface area contributed by atoms with E-state index >= 15 is 0 Å². The van der Waals surface area contributed by atoms with Gasteiger partial charge >= 0.3 is 0 Å². The second kappa shape index (κ2) is 7.05. The van der Waals surface area contributed by atoms with Crippen LogP contribution >= 0.6 is 15.9 Å². The number of nitrogens with zero attached hydrogens (tertiary/aromatic N) is 2. The fourth-order valence-corrected chi connectivity index (χ4v) is 2.95. The Balaban J connectivity index is 1.97. The van der Waals surface area contributed by atoms with Gasteiger partial charge in [0, 0.05) is 12.6 Å². The average molecular weight is 340 g/mol. The van der Waals surface area contributed by atoms with Gasteiger partial charge in [-0.05, 0) is 60.9 Å². The number of anilines is 1. The molecule has 3 nitrogen and oxygen atoms in total. The summed E-state index contributed by atoms with van der Waals surface area (Å²) in [5.74, 6) is -0.394. The van der Waals surface area contributed by atoms with E-state index in [0.29, 0.717) is 23.8 Å². The van der Waals surface area contributed by atoms with Crippen molar-refractivity contribution in [2.75, 3.05) is 25.0 Å². The van der Waals surface area contributed by atoms with Gasteiger partial charge in [-0.1, -0.05) is 6.42 Å². The highest BCUT2D eigenvalue weighted by molar-refractivity contribution is 9.10. The summed E-state index contributed by atoms with van der Waals surface area (Å²) in [5.41, 5.74) is 0.761. The molecule has 108 valence electrons. The first kappa shape index (κ1) is 15.3. The van der Waals surface area contributed by atoms with Gasteiger partial charge in [0.05, 0.1) is 15.7 Å². The van der Waals surface area contributed by atoms with E-state index in [2.05, 4.69) is 33.1 Å². The Morgan fingerprint density at radius 2 is 2.10 bits per heavy atom. The minimum Gasteiger partial charge on any atom is -0.381 e. The molecule has 1 saturated heterocycles. The van der Waals surface area contributed by atoms with E-state index in [9.17, 15) is 4.39 Å². The van der Waals surface area contributed by atoms with E-state index in [1.807, 2.05) is 6.07 Å². The number of benzene rings is 1. The van der Waals surface area contributed by atoms with Gasteiger partial charge in [0.2, 0.25) is 0 Å². The molecule has 1 aromatic carbocycles. The van der Waals surface area contributed by atoms with Crippen LogP contribution in [0.5, 0.6) is 0 Å². The molecule has 1 fully saturated rings. The molecule has 1 aliphatic heterocycles. The molecular formula is C15H19BrFN3. The molecule has 0 amide bonds. The second-order valence-electron chi connectivity index (χ2n) is 5.23. The van der Waals surface area contributed by atoms with Gasteiger partial charge in [-0.2, -0.15) is 5.26 Å². The lowest BCUT2D eigenvalue weighted by Gasteiger charge is -2.32. The average Bonchev–Trinajstić information content (AvgIpc) is 2.49. The molecular weight excluding hydrogens is 321 g/mol. The minimum absolute atomic E-state index is 0.232. The molecule has 1 unspecified atom stereocenters. The van der Waals surface area contributed by atoms with Crippen LogP contribution in [0.3, 0.4) is 0 Å². The van der Waals surface area contributed by atoms with E-state index in [4.69, 9.17) is 5.26 Å². The minimum atomic E-state index is -0.394. The van der Waals surface area contributed by atoms with Crippen LogP contribution in [0.1, 0.15) is 31.7 Å². The molecule has 1 aliphatic rings. The maximum absolute atomic E-state index is 14.1. The van der Waals surface area contributed by atoms with Gasteiger partial charge in [-0.25, -0.2) is 4.39 Å². The first-order chi connectivity index (χ1) is 9.63. The third-order valence-corrected chi connectivity index (χ3v) is 4.58. The van der Waals surface area contributed by atoms with Crippen molar-refractivity contribution in [1.29, 1.82) is 5.26 Å². The van der Waals surface area contributed by atoms with Crippen molar-refractivity contribution >= 4 is 21.6 Å². The van der Waals surface area contributed by atoms with Crippen LogP contribution in [0.15, 0.2) is 16.6 Å². The maximum Gasteiger partial charge on any atom is 0.161 e. The molecule has 5 heteroatoms. The number of rotatable bonds is 4. The molecule has 0 aromatic heterocycles. The number of likely N-dealkylation sites (tertiary alicyclic amines) is 1. The highest BCUT2D eigenvalue weighted by Gasteiger charge is 2.17. The van der Waals surface area contributed by atoms with Crippen LogP contribution in [0.2, 0.25) is 0 Å². The summed E-state index contributed by atoms with van der Waals surface area (Å²) >= 11 is 3.13. The molecule has 1 aromatic rings. The summed E-state index contributed by atoms with van der Waals surface area (Å²) < 4.78 is 14.3. The summed E-state index contributed by atoms with van der Waals surface area (Å²) in [4.78, 5) is 2.44. The summed E-state index contributed by atoms with van der Waals surface area (Å²) in [5, 5.41) is 12.0. The number of piperidine rings is 1. The standard InChI is InChI=1S/C15H19BrFN3/c1-11(20-7-3-2-4-8-20)10-19-13-6-5-12(9-18)14(16)15(13)17/h5-6,11,19H,2-4,7-8,10H2,1H3. The Labute approximate surface area is 127 Å². The van der Waals surface area contributed by atoms with E-state index < -0.39 is 5.82 Å². The first-order valence-corrected chi connectivity index (χ1v) is 7.79. The molecule has 2 rings (SSSR count). The number of halogens is 2. The molecule has 0 aliphatic carbocycles. The van der Waals surface area contributed by atoms with Crippen molar-refractivity contribution in [3.8, 4) is 6.07 Å². The molecule has 0 bridgehead atoms. The number of hydrogen-bond acceptors (Lipinski definition) is 3. The number of nitrogens with one attached hydrogen (secondary N) is 1. The topological polar surface area (TPSA) is 39.1 Å². The fraction of sp³-hybridized carbons (Fsp3) is 0.533. The molecule has 20 heavy (non-hydrogen) atoms. The first-order valence-electron chi connectivity index (χ1n) is 6.99. The smallest absolute Gasteiger partial charge is 0.161 e. The van der Waals surface area contributed by atoms with Crippen LogP contribution in [-0.4, -0.2) is 30.6 Å². The lowest BCUT2D eigenvalue weighted by molar-refractivity contribution is 0.180. The Morgan fingerprint density at radius 3 is 2.75 bits per heavy atom. The second-order valence-corrected chi connectivity index (χ2v) is 6.02. The van der Waals surface area contributed by atoms with E-state index in [1.54, 1.807) is 12.1 Å². The van der Waals surface area contributed by atoms with Gasteiger partial charge in [0.15, 0.2) is 5.82 Å². The summed E-state index contributed by atoms with van der Waals surface area (Å²) in [7, 11) is 0. The summed E-state index contributed by atoms with van der Waals surface area (Å²) in [6.45, 7) is 5.12. The van der Waals surface area contributed by atoms with Gasteiger partial charge in [0.1, 0.15) is 6.07 Å². The summed E-state index contributed by atoms with van der Waals surface area (Å²) in [6, 6.07) is 5.59. The number of nitriles is 1. The predicted molar refractivity (Wildman–Crippen MR) is 82.2 cm³/mol. The van der Waals surface area contributed by atoms with Crippen LogP contribution in [0.4, 0.5) is 10.1 Å². The molecule has 1 N–H and O–H groups in total. The lowest BCUT2D eigenvalue weighted by atomic mass is 10.1. The zero-order valence-electron chi connectivity index (χ0n) is 11.6. The quantitative estimate of drug-likeness (QED) is 0.907. The highest BCUT2D eigenvalue weighted by Crippen LogP contribution is 2.26. The fourth-order valence-electron chi connectivity index (χ4n) is 2.52. The van der Waals surface area contributed by atoms with Crippen molar-refractivity contribution < 1.29 is 4.39 Å². The highest BCUT2D eigenvalue weighted by atomic mass is 79.9. The van der Waals surface area contributed by atoms with E-state index in [1.165, 1.54) is 19.3 Å². The zero-order valence-corrected chi connectivity index (χ0v) is 13.2. The van der Waals surface area contributed by atoms with Crippen molar-refractivity contribution in [2.24, 2.45) is 0 Å². The molecule has 1 heterocycles. The van der Waals surface area contributed by atoms with Crippen LogP contribution in [0.25, 0.3) is 0 Å². The van der Waals surface area contributed by atoms with E-state index in [0.717, 1.165) is 13.1 Å². The molecule has 1 atom stereocenters. The predicted octanol–water partition coefficient (Wildman–Crippen LogP) is 3.75. The lowest BCUT2D eigenvalue weighted by Crippen LogP contribution is -2.41. The molecule has 0 spiro atoms. The van der Waals surface area contributed by atoms with Crippen molar-refractivity contribution in [1.82, 2.24) is 4.90 Å². The monoisotopic (exact) mass is 339 g/mol. The summed E-state index contributed by atoms with van der Waals surface area (Å²) in [6.07, 6.45) is 3.82. The third kappa shape index (κ3) is 3.50. The molecule has 0 radical (unpaired) electrons. The number of hydrogen-bond donors (Lipinski definition) is 1. The maximum atomic E-state index is 14.1. The normalized spacial score (nSPS) is 17.5. The van der Waals surface area contributed by atoms with Gasteiger partial charge in [-0.3, -0.25) is 4.90 Å². The van der Waals surface area contributed by atoms with Crippen LogP contribution in [0, 0.1) is 17.1 Å². The SMILES string of the molecule is CC(CNc1ccc(C#N)c(Br)c1F)N1CCCCC1. The van der Waals surface area contributed by atoms with Crippen molar-refractivity contribution in [2.45, 2.75) is 32.2 Å². The van der Waals surface area contributed by atoms with Crippen molar-refractivity contribution in [3.63, 3.8) is 0 Å². The Bertz CT molecular complexity index is 507. The molecule has 0 saturated carbocycles. The Kier molecular flexibility index (Phi) is 5.38. The van der Waals surface area contributed by atoms with Crippen LogP contribution < -0.4 is 5.32 Å². The zero-order chi connectivity index (χ0) is 14.5. The van der Waals surface area contributed by atoms with E-state index in [-0.39, 0.29) is 4.47 Å². The Hall–Kier alpha value is -1.12. The van der Waals surface area contributed by atoms with Crippen molar-refractivity contribution in [3.05, 3.63) is 28.0 Å². The van der Waals surface area contributed by atoms with Gasteiger partial charge in [-0.15, -0.1) is 0 Å². The van der Waals surface area contributed by atoms with Crippen LogP contribution in [-0.2, 0) is 0 Å².